The number of carbonyl (C=O) groups excluding carboxylic acids is 2. The highest BCUT2D eigenvalue weighted by atomic mass is 16.2. The second-order valence-electron chi connectivity index (χ2n) is 8.47. The lowest BCUT2D eigenvalue weighted by molar-refractivity contribution is -0.150. The number of nitrogens with one attached hydrogen (secondary N) is 1. The molecule has 1 fully saturated rings. The van der Waals surface area contributed by atoms with Gasteiger partial charge < -0.3 is 15.1 Å². The first-order chi connectivity index (χ1) is 9.98. The van der Waals surface area contributed by atoms with Crippen LogP contribution in [0, 0.1) is 5.41 Å². The number of amides is 2. The molecule has 0 spiro atoms. The third-order valence-electron chi connectivity index (χ3n) is 3.75. The van der Waals surface area contributed by atoms with Crippen LogP contribution >= 0.6 is 0 Å². The van der Waals surface area contributed by atoms with Crippen molar-refractivity contribution in [3.8, 4) is 0 Å². The van der Waals surface area contributed by atoms with E-state index in [2.05, 4.69) is 46.9 Å². The summed E-state index contributed by atoms with van der Waals surface area (Å²) >= 11 is 0. The molecular formula is C17H33N3O2. The maximum atomic E-state index is 12.2. The Labute approximate surface area is 135 Å². The van der Waals surface area contributed by atoms with Gasteiger partial charge in [0.15, 0.2) is 0 Å². The third-order valence-corrected chi connectivity index (χ3v) is 3.75. The molecule has 1 rings (SSSR count). The van der Waals surface area contributed by atoms with E-state index >= 15 is 0 Å². The Balaban J connectivity index is 2.36. The quantitative estimate of drug-likeness (QED) is 0.762. The summed E-state index contributed by atoms with van der Waals surface area (Å²) < 4.78 is 0. The van der Waals surface area contributed by atoms with Gasteiger partial charge in [-0.05, 0) is 45.6 Å². The summed E-state index contributed by atoms with van der Waals surface area (Å²) in [6, 6.07) is 0. The normalized spacial score (nSPS) is 17.4. The second-order valence-corrected chi connectivity index (χ2v) is 8.47. The standard InChI is InChI=1S/C17H33N3O2/c1-16(2,3)8-11-20-13-14(21)19(12-15(20)22)10-7-9-18-17(4,5)6/h18H,7-13H2,1-6H3. The molecule has 0 atom stereocenters. The Hall–Kier alpha value is -1.10. The minimum atomic E-state index is 0.0734. The maximum Gasteiger partial charge on any atom is 0.242 e. The van der Waals surface area contributed by atoms with Gasteiger partial charge >= 0.3 is 0 Å². The Morgan fingerprint density at radius 3 is 1.86 bits per heavy atom. The lowest BCUT2D eigenvalue weighted by Gasteiger charge is -2.35. The van der Waals surface area contributed by atoms with Crippen LogP contribution in [-0.4, -0.2) is 59.9 Å². The fourth-order valence-electron chi connectivity index (χ4n) is 2.31. The number of hydrogen-bond donors (Lipinski definition) is 1. The van der Waals surface area contributed by atoms with E-state index in [1.165, 1.54) is 0 Å². The van der Waals surface area contributed by atoms with Crippen LogP contribution in [-0.2, 0) is 9.59 Å². The summed E-state index contributed by atoms with van der Waals surface area (Å²) in [5.74, 6) is 0.150. The molecule has 1 aliphatic rings. The summed E-state index contributed by atoms with van der Waals surface area (Å²) in [7, 11) is 0. The van der Waals surface area contributed by atoms with Crippen LogP contribution in [0.15, 0.2) is 0 Å². The van der Waals surface area contributed by atoms with Gasteiger partial charge in [-0.3, -0.25) is 9.59 Å². The van der Waals surface area contributed by atoms with E-state index in [0.717, 1.165) is 19.4 Å². The second kappa shape index (κ2) is 7.44. The number of carbonyl (C=O) groups is 2. The lowest BCUT2D eigenvalue weighted by Crippen LogP contribution is -2.54. The van der Waals surface area contributed by atoms with Crippen LogP contribution in [0.3, 0.4) is 0 Å². The van der Waals surface area contributed by atoms with Crippen LogP contribution in [0.4, 0.5) is 0 Å². The molecule has 5 heteroatoms. The molecule has 0 aromatic heterocycles. The molecule has 0 aliphatic carbocycles. The summed E-state index contributed by atoms with van der Waals surface area (Å²) in [6.45, 7) is 15.5. The van der Waals surface area contributed by atoms with Gasteiger partial charge in [-0.1, -0.05) is 20.8 Å². The monoisotopic (exact) mass is 311 g/mol. The van der Waals surface area contributed by atoms with Gasteiger partial charge in [-0.15, -0.1) is 0 Å². The van der Waals surface area contributed by atoms with Crippen molar-refractivity contribution in [3.05, 3.63) is 0 Å². The third kappa shape index (κ3) is 7.25. The molecule has 0 aromatic carbocycles. The molecule has 2 amide bonds. The summed E-state index contributed by atoms with van der Waals surface area (Å²) in [5, 5.41) is 3.40. The van der Waals surface area contributed by atoms with E-state index in [1.807, 2.05) is 0 Å². The molecule has 1 aliphatic heterocycles. The average molecular weight is 311 g/mol. The Kier molecular flexibility index (Phi) is 6.41. The first kappa shape index (κ1) is 18.9. The Morgan fingerprint density at radius 2 is 1.41 bits per heavy atom. The molecular weight excluding hydrogens is 278 g/mol. The first-order valence-corrected chi connectivity index (χ1v) is 8.28. The first-order valence-electron chi connectivity index (χ1n) is 8.28. The van der Waals surface area contributed by atoms with Crippen molar-refractivity contribution in [2.75, 3.05) is 32.7 Å². The lowest BCUT2D eigenvalue weighted by atomic mass is 9.92. The largest absolute Gasteiger partial charge is 0.332 e. The minimum absolute atomic E-state index is 0.0734. The van der Waals surface area contributed by atoms with Gasteiger partial charge in [0.05, 0.1) is 13.1 Å². The smallest absolute Gasteiger partial charge is 0.242 e. The topological polar surface area (TPSA) is 52.7 Å². The predicted molar refractivity (Wildman–Crippen MR) is 89.6 cm³/mol. The molecule has 0 unspecified atom stereocenters. The molecule has 1 N–H and O–H groups in total. The highest BCUT2D eigenvalue weighted by Crippen LogP contribution is 2.19. The van der Waals surface area contributed by atoms with Crippen LogP contribution in [0.2, 0.25) is 0 Å². The van der Waals surface area contributed by atoms with E-state index < -0.39 is 0 Å². The molecule has 0 aromatic rings. The molecule has 5 nitrogen and oxygen atoms in total. The number of nitrogens with zero attached hydrogens (tertiary/aromatic N) is 2. The summed E-state index contributed by atoms with van der Waals surface area (Å²) in [4.78, 5) is 27.8. The van der Waals surface area contributed by atoms with Crippen molar-refractivity contribution >= 4 is 11.8 Å². The van der Waals surface area contributed by atoms with E-state index in [4.69, 9.17) is 0 Å². The van der Waals surface area contributed by atoms with E-state index in [1.54, 1.807) is 9.80 Å². The summed E-state index contributed by atoms with van der Waals surface area (Å²) in [6.07, 6.45) is 1.79. The van der Waals surface area contributed by atoms with Gasteiger partial charge in [-0.2, -0.15) is 0 Å². The highest BCUT2D eigenvalue weighted by Gasteiger charge is 2.29. The number of piperazine rings is 1. The predicted octanol–water partition coefficient (Wildman–Crippen LogP) is 1.87. The SMILES string of the molecule is CC(C)(C)CCN1CC(=O)N(CCCNC(C)(C)C)CC1=O. The molecule has 0 saturated carbocycles. The highest BCUT2D eigenvalue weighted by molar-refractivity contribution is 5.92. The van der Waals surface area contributed by atoms with Crippen molar-refractivity contribution < 1.29 is 9.59 Å². The van der Waals surface area contributed by atoms with Gasteiger partial charge in [0.2, 0.25) is 11.8 Å². The van der Waals surface area contributed by atoms with Crippen molar-refractivity contribution in [2.45, 2.75) is 59.9 Å². The number of hydrogen-bond acceptors (Lipinski definition) is 3. The van der Waals surface area contributed by atoms with E-state index in [-0.39, 0.29) is 35.9 Å². The van der Waals surface area contributed by atoms with Crippen LogP contribution in [0.5, 0.6) is 0 Å². The van der Waals surface area contributed by atoms with E-state index in [9.17, 15) is 9.59 Å². The molecule has 1 heterocycles. The molecule has 22 heavy (non-hydrogen) atoms. The van der Waals surface area contributed by atoms with Gasteiger partial charge in [0.1, 0.15) is 0 Å². The van der Waals surface area contributed by atoms with Crippen LogP contribution in [0.25, 0.3) is 0 Å². The van der Waals surface area contributed by atoms with Crippen molar-refractivity contribution in [2.24, 2.45) is 5.41 Å². The van der Waals surface area contributed by atoms with Gasteiger partial charge in [-0.25, -0.2) is 0 Å². The zero-order valence-corrected chi connectivity index (χ0v) is 15.2. The molecule has 128 valence electrons. The Bertz CT molecular complexity index is 394. The van der Waals surface area contributed by atoms with Gasteiger partial charge in [0, 0.05) is 18.6 Å². The average Bonchev–Trinajstić information content (AvgIpc) is 2.34. The number of rotatable bonds is 6. The van der Waals surface area contributed by atoms with Crippen LogP contribution in [0.1, 0.15) is 54.4 Å². The Morgan fingerprint density at radius 1 is 0.909 bits per heavy atom. The van der Waals surface area contributed by atoms with Crippen molar-refractivity contribution in [1.82, 2.24) is 15.1 Å². The van der Waals surface area contributed by atoms with Crippen LogP contribution < -0.4 is 5.32 Å². The van der Waals surface area contributed by atoms with Crippen molar-refractivity contribution in [1.29, 1.82) is 0 Å². The fraction of sp³-hybridized carbons (Fsp3) is 0.882. The maximum absolute atomic E-state index is 12.2. The fourth-order valence-corrected chi connectivity index (χ4v) is 2.31. The molecule has 0 bridgehead atoms. The minimum Gasteiger partial charge on any atom is -0.332 e. The van der Waals surface area contributed by atoms with Crippen molar-refractivity contribution in [3.63, 3.8) is 0 Å². The van der Waals surface area contributed by atoms with Gasteiger partial charge in [0.25, 0.3) is 0 Å². The molecule has 1 saturated heterocycles. The molecule has 0 radical (unpaired) electrons. The summed E-state index contributed by atoms with van der Waals surface area (Å²) in [5.41, 5.74) is 0.268. The zero-order valence-electron chi connectivity index (χ0n) is 15.2. The van der Waals surface area contributed by atoms with E-state index in [0.29, 0.717) is 13.1 Å². The zero-order chi connectivity index (χ0) is 17.0.